The predicted molar refractivity (Wildman–Crippen MR) is 144 cm³/mol. The monoisotopic (exact) mass is 539 g/mol. The Morgan fingerprint density at radius 1 is 1.06 bits per heavy atom. The summed E-state index contributed by atoms with van der Waals surface area (Å²) in [7, 11) is 0. The molecular weight excluding hydrogens is 517 g/mol. The van der Waals surface area contributed by atoms with E-state index in [-0.39, 0.29) is 17.4 Å². The summed E-state index contributed by atoms with van der Waals surface area (Å²) < 4.78 is 1.96. The van der Waals surface area contributed by atoms with Crippen molar-refractivity contribution in [1.29, 1.82) is 0 Å². The van der Waals surface area contributed by atoms with Crippen molar-refractivity contribution in [1.82, 2.24) is 14.4 Å². The third kappa shape index (κ3) is 4.47. The van der Waals surface area contributed by atoms with E-state index < -0.39 is 11.1 Å². The van der Waals surface area contributed by atoms with Gasteiger partial charge in [-0.05, 0) is 73.0 Å². The third-order valence-electron chi connectivity index (χ3n) is 6.58. The Bertz CT molecular complexity index is 1450. The van der Waals surface area contributed by atoms with E-state index in [0.29, 0.717) is 23.1 Å². The fourth-order valence-electron chi connectivity index (χ4n) is 4.69. The summed E-state index contributed by atoms with van der Waals surface area (Å²) >= 11 is 13.5. The van der Waals surface area contributed by atoms with Crippen molar-refractivity contribution < 1.29 is 14.4 Å². The normalized spacial score (nSPS) is 16.7. The largest absolute Gasteiger partial charge is 0.336 e. The quantitative estimate of drug-likeness (QED) is 0.380. The van der Waals surface area contributed by atoms with E-state index in [2.05, 4.69) is 6.07 Å². The second-order valence-electron chi connectivity index (χ2n) is 8.84. The van der Waals surface area contributed by atoms with E-state index in [1.807, 2.05) is 54.8 Å². The molecule has 0 atom stereocenters. The van der Waals surface area contributed by atoms with E-state index >= 15 is 0 Å². The van der Waals surface area contributed by atoms with Gasteiger partial charge in [0.1, 0.15) is 6.54 Å². The van der Waals surface area contributed by atoms with Crippen LogP contribution < -0.4 is 0 Å². The molecule has 3 amide bonds. The molecule has 36 heavy (non-hydrogen) atoms. The Labute approximate surface area is 223 Å². The number of aryl methyl sites for hydroxylation is 1. The number of imide groups is 1. The van der Waals surface area contributed by atoms with E-state index in [4.69, 9.17) is 23.2 Å². The molecule has 2 aliphatic heterocycles. The van der Waals surface area contributed by atoms with Gasteiger partial charge in [-0.15, -0.1) is 0 Å². The molecule has 0 N–H and O–H groups in total. The number of carbonyl (C=O) groups excluding carboxylic acids is 3. The van der Waals surface area contributed by atoms with E-state index in [1.165, 1.54) is 5.56 Å². The molecular formula is C27H23Cl2N3O3S. The minimum atomic E-state index is -0.457. The number of amides is 3. The van der Waals surface area contributed by atoms with Crippen LogP contribution in [0.15, 0.2) is 53.4 Å². The molecule has 0 aliphatic carbocycles. The van der Waals surface area contributed by atoms with Crippen molar-refractivity contribution in [2.45, 2.75) is 26.8 Å². The van der Waals surface area contributed by atoms with Crippen LogP contribution in [0.25, 0.3) is 11.8 Å². The predicted octanol–water partition coefficient (Wildman–Crippen LogP) is 6.02. The molecule has 6 nitrogen and oxygen atoms in total. The lowest BCUT2D eigenvalue weighted by molar-refractivity contribution is -0.136. The first-order chi connectivity index (χ1) is 17.2. The van der Waals surface area contributed by atoms with Gasteiger partial charge in [0.25, 0.3) is 11.1 Å². The summed E-state index contributed by atoms with van der Waals surface area (Å²) in [5, 5.41) is 0.446. The van der Waals surface area contributed by atoms with Crippen molar-refractivity contribution in [3.8, 4) is 5.69 Å². The SMILES string of the molecule is Cc1cc(/C=C2\SC(=O)N(CC(=O)N3CCc4ccccc4C3)C2=O)c(C)n1-c1cccc(Cl)c1Cl. The van der Waals surface area contributed by atoms with E-state index in [1.54, 1.807) is 17.0 Å². The second kappa shape index (κ2) is 9.81. The maximum atomic E-state index is 13.1. The van der Waals surface area contributed by atoms with Gasteiger partial charge in [0.15, 0.2) is 0 Å². The summed E-state index contributed by atoms with van der Waals surface area (Å²) in [4.78, 5) is 41.8. The molecule has 0 unspecified atom stereocenters. The molecule has 5 rings (SSSR count). The highest BCUT2D eigenvalue weighted by atomic mass is 35.5. The number of hydrogen-bond acceptors (Lipinski definition) is 4. The molecule has 9 heteroatoms. The van der Waals surface area contributed by atoms with Crippen LogP contribution in [0.2, 0.25) is 10.0 Å². The van der Waals surface area contributed by atoms with E-state index in [9.17, 15) is 14.4 Å². The van der Waals surface area contributed by atoms with Gasteiger partial charge in [-0.3, -0.25) is 19.3 Å². The highest BCUT2D eigenvalue weighted by Gasteiger charge is 2.37. The first-order valence-corrected chi connectivity index (χ1v) is 13.0. The fraction of sp³-hybridized carbons (Fsp3) is 0.222. The Morgan fingerprint density at radius 2 is 1.81 bits per heavy atom. The zero-order valence-corrected chi connectivity index (χ0v) is 22.1. The van der Waals surface area contributed by atoms with Gasteiger partial charge in [0, 0.05) is 24.5 Å². The van der Waals surface area contributed by atoms with Crippen molar-refractivity contribution in [2.75, 3.05) is 13.1 Å². The minimum Gasteiger partial charge on any atom is -0.336 e. The summed E-state index contributed by atoms with van der Waals surface area (Å²) in [5.41, 5.74) is 5.61. The highest BCUT2D eigenvalue weighted by molar-refractivity contribution is 8.18. The number of nitrogens with zero attached hydrogens (tertiary/aromatic N) is 3. The summed E-state index contributed by atoms with van der Waals surface area (Å²) in [5.74, 6) is -0.692. The van der Waals surface area contributed by atoms with Crippen LogP contribution in [-0.2, 0) is 22.6 Å². The smallest absolute Gasteiger partial charge is 0.294 e. The zero-order chi connectivity index (χ0) is 25.6. The van der Waals surface area contributed by atoms with Gasteiger partial charge in [0.2, 0.25) is 5.91 Å². The zero-order valence-electron chi connectivity index (χ0n) is 19.8. The molecule has 1 saturated heterocycles. The topological polar surface area (TPSA) is 62.6 Å². The maximum absolute atomic E-state index is 13.1. The van der Waals surface area contributed by atoms with Gasteiger partial charge in [0.05, 0.1) is 20.6 Å². The average molecular weight is 540 g/mol. The number of halogens is 2. The highest BCUT2D eigenvalue weighted by Crippen LogP contribution is 2.36. The number of benzene rings is 2. The molecule has 0 radical (unpaired) electrons. The lowest BCUT2D eigenvalue weighted by Crippen LogP contribution is -2.44. The van der Waals surface area contributed by atoms with Crippen molar-refractivity contribution in [2.24, 2.45) is 0 Å². The molecule has 0 spiro atoms. The Balaban J connectivity index is 1.35. The molecule has 2 aromatic carbocycles. The Kier molecular flexibility index (Phi) is 6.72. The molecule has 3 aromatic rings. The molecule has 2 aliphatic rings. The van der Waals surface area contributed by atoms with Crippen LogP contribution in [0.4, 0.5) is 4.79 Å². The molecule has 3 heterocycles. The number of carbonyl (C=O) groups is 3. The molecule has 1 aromatic heterocycles. The van der Waals surface area contributed by atoms with Crippen LogP contribution in [0, 0.1) is 13.8 Å². The molecule has 184 valence electrons. The molecule has 1 fully saturated rings. The van der Waals surface area contributed by atoms with Gasteiger partial charge < -0.3 is 9.47 Å². The van der Waals surface area contributed by atoms with Crippen LogP contribution in [-0.4, -0.2) is 44.5 Å². The second-order valence-corrected chi connectivity index (χ2v) is 10.6. The fourth-order valence-corrected chi connectivity index (χ4v) is 5.90. The number of hydrogen-bond donors (Lipinski definition) is 0. The van der Waals surface area contributed by atoms with E-state index in [0.717, 1.165) is 51.3 Å². The standard InChI is InChI=1S/C27H23Cl2N3O3S/c1-16-12-20(17(2)32(16)22-9-5-8-21(28)25(22)29)13-23-26(34)31(27(35)36-23)15-24(33)30-11-10-18-6-3-4-7-19(18)14-30/h3-9,12-13H,10-11,14-15H2,1-2H3/b23-13-. The van der Waals surface area contributed by atoms with Gasteiger partial charge in [-0.25, -0.2) is 0 Å². The van der Waals surface area contributed by atoms with Crippen LogP contribution >= 0.6 is 35.0 Å². The van der Waals surface area contributed by atoms with Crippen molar-refractivity contribution in [3.63, 3.8) is 0 Å². The number of fused-ring (bicyclic) bond motifs is 1. The average Bonchev–Trinajstić information content (AvgIpc) is 3.29. The first kappa shape index (κ1) is 24.7. The van der Waals surface area contributed by atoms with Crippen LogP contribution in [0.5, 0.6) is 0 Å². The van der Waals surface area contributed by atoms with Crippen LogP contribution in [0.3, 0.4) is 0 Å². The molecule has 0 saturated carbocycles. The van der Waals surface area contributed by atoms with Crippen molar-refractivity contribution in [3.05, 3.63) is 91.6 Å². The first-order valence-electron chi connectivity index (χ1n) is 11.5. The van der Waals surface area contributed by atoms with Crippen LogP contribution in [0.1, 0.15) is 28.1 Å². The maximum Gasteiger partial charge on any atom is 0.294 e. The van der Waals surface area contributed by atoms with Crippen molar-refractivity contribution >= 4 is 58.1 Å². The number of aromatic nitrogens is 1. The summed E-state index contributed by atoms with van der Waals surface area (Å²) in [6.45, 7) is 4.64. The van der Waals surface area contributed by atoms with Gasteiger partial charge in [-0.1, -0.05) is 53.5 Å². The number of thioether (sulfide) groups is 1. The Hall–Kier alpha value is -3.00. The number of rotatable bonds is 4. The minimum absolute atomic E-state index is 0.234. The Morgan fingerprint density at radius 3 is 2.58 bits per heavy atom. The van der Waals surface area contributed by atoms with Gasteiger partial charge in [-0.2, -0.15) is 0 Å². The van der Waals surface area contributed by atoms with Gasteiger partial charge >= 0.3 is 0 Å². The lowest BCUT2D eigenvalue weighted by atomic mass is 10.00. The lowest BCUT2D eigenvalue weighted by Gasteiger charge is -2.29. The molecule has 0 bridgehead atoms. The summed E-state index contributed by atoms with van der Waals surface area (Å²) in [6, 6.07) is 15.4. The third-order valence-corrected chi connectivity index (χ3v) is 8.30. The summed E-state index contributed by atoms with van der Waals surface area (Å²) in [6.07, 6.45) is 2.46.